The van der Waals surface area contributed by atoms with Crippen LogP contribution in [0.25, 0.3) is 11.0 Å². The van der Waals surface area contributed by atoms with Gasteiger partial charge in [-0.15, -0.1) is 0 Å². The average Bonchev–Trinajstić information content (AvgIpc) is 3.26. The van der Waals surface area contributed by atoms with Gasteiger partial charge in [-0.3, -0.25) is 9.59 Å². The second-order valence-electron chi connectivity index (χ2n) is 8.40. The molecule has 0 radical (unpaired) electrons. The Bertz CT molecular complexity index is 1360. The first-order chi connectivity index (χ1) is 17.2. The van der Waals surface area contributed by atoms with Crippen molar-refractivity contribution in [2.45, 2.75) is 18.9 Å². The number of benzene rings is 1. The van der Waals surface area contributed by atoms with Gasteiger partial charge in [0, 0.05) is 32.9 Å². The van der Waals surface area contributed by atoms with Crippen molar-refractivity contribution in [3.8, 4) is 5.75 Å². The number of likely N-dealkylation sites (tertiary alicyclic amines) is 1. The summed E-state index contributed by atoms with van der Waals surface area (Å²) in [6.07, 6.45) is 3.50. The lowest BCUT2D eigenvalue weighted by Gasteiger charge is -2.32. The molecule has 1 saturated heterocycles. The Kier molecular flexibility index (Phi) is 7.06. The number of carbonyl (C=O) groups excluding carboxylic acids is 3. The van der Waals surface area contributed by atoms with Gasteiger partial charge in [0.25, 0.3) is 5.91 Å². The van der Waals surface area contributed by atoms with Crippen LogP contribution >= 0.6 is 11.6 Å². The second kappa shape index (κ2) is 10.2. The number of hydrogen-bond acceptors (Lipinski definition) is 8. The summed E-state index contributed by atoms with van der Waals surface area (Å²) in [5.41, 5.74) is 6.90. The third kappa shape index (κ3) is 4.93. The topological polar surface area (TPSA) is 149 Å². The van der Waals surface area contributed by atoms with Crippen LogP contribution in [0.2, 0.25) is 5.02 Å². The number of carbonyl (C=O) groups is 3. The standard InChI is InChI=1S/C23H25ClN8O4/c1-4-17(33)31-9-5-6-14(11-31)32-21-18(20(25)26-12-27-21)19(29-32)22(34)28-13-7-8-16(15(24)10-13)36-23(35)30(2)3/h4,7-8,10,12,14H,1,5-6,9,11H2,2-3H3,(H,28,34)(H2,25,26,27). The fourth-order valence-electron chi connectivity index (χ4n) is 3.93. The number of rotatable bonds is 5. The molecule has 0 bridgehead atoms. The lowest BCUT2D eigenvalue weighted by molar-refractivity contribution is -0.127. The molecule has 1 aliphatic heterocycles. The Labute approximate surface area is 211 Å². The van der Waals surface area contributed by atoms with E-state index in [-0.39, 0.29) is 34.2 Å². The summed E-state index contributed by atoms with van der Waals surface area (Å²) in [6.45, 7) is 4.57. The van der Waals surface area contributed by atoms with Gasteiger partial charge in [-0.2, -0.15) is 5.10 Å². The van der Waals surface area contributed by atoms with Crippen LogP contribution in [0.5, 0.6) is 5.75 Å². The van der Waals surface area contributed by atoms with Crippen molar-refractivity contribution < 1.29 is 19.1 Å². The number of nitrogens with one attached hydrogen (secondary N) is 1. The van der Waals surface area contributed by atoms with Gasteiger partial charge in [-0.1, -0.05) is 18.2 Å². The van der Waals surface area contributed by atoms with Gasteiger partial charge < -0.3 is 25.6 Å². The predicted octanol–water partition coefficient (Wildman–Crippen LogP) is 2.72. The number of amides is 3. The van der Waals surface area contributed by atoms with Crippen molar-refractivity contribution >= 4 is 52.0 Å². The molecule has 1 fully saturated rings. The zero-order valence-corrected chi connectivity index (χ0v) is 20.5. The highest BCUT2D eigenvalue weighted by Crippen LogP contribution is 2.31. The molecule has 3 amide bonds. The van der Waals surface area contributed by atoms with Crippen molar-refractivity contribution in [1.82, 2.24) is 29.5 Å². The van der Waals surface area contributed by atoms with E-state index < -0.39 is 12.0 Å². The summed E-state index contributed by atoms with van der Waals surface area (Å²) in [5.74, 6) is -0.462. The number of nitrogens with two attached hydrogens (primary N) is 1. The summed E-state index contributed by atoms with van der Waals surface area (Å²) < 4.78 is 6.81. The quantitative estimate of drug-likeness (QED) is 0.495. The maximum Gasteiger partial charge on any atom is 0.414 e. The minimum Gasteiger partial charge on any atom is -0.409 e. The van der Waals surface area contributed by atoms with Gasteiger partial charge in [-0.05, 0) is 37.1 Å². The molecule has 4 rings (SSSR count). The van der Waals surface area contributed by atoms with Gasteiger partial charge in [0.15, 0.2) is 17.1 Å². The summed E-state index contributed by atoms with van der Waals surface area (Å²) in [4.78, 5) is 48.5. The zero-order chi connectivity index (χ0) is 26.0. The van der Waals surface area contributed by atoms with E-state index in [1.807, 2.05) is 0 Å². The van der Waals surface area contributed by atoms with E-state index in [4.69, 9.17) is 22.1 Å². The van der Waals surface area contributed by atoms with E-state index in [1.54, 1.807) is 29.7 Å². The van der Waals surface area contributed by atoms with Crippen LogP contribution in [0.1, 0.15) is 29.4 Å². The van der Waals surface area contributed by atoms with Crippen LogP contribution in [0.3, 0.4) is 0 Å². The summed E-state index contributed by atoms with van der Waals surface area (Å²) in [6, 6.07) is 4.26. The van der Waals surface area contributed by atoms with Gasteiger partial charge >= 0.3 is 6.09 Å². The number of ether oxygens (including phenoxy) is 1. The maximum atomic E-state index is 13.2. The Morgan fingerprint density at radius 2 is 2.08 bits per heavy atom. The monoisotopic (exact) mass is 512 g/mol. The third-order valence-electron chi connectivity index (χ3n) is 5.71. The van der Waals surface area contributed by atoms with Crippen molar-refractivity contribution in [3.05, 3.63) is 47.9 Å². The minimum absolute atomic E-state index is 0.0366. The van der Waals surface area contributed by atoms with E-state index in [9.17, 15) is 14.4 Å². The second-order valence-corrected chi connectivity index (χ2v) is 8.80. The van der Waals surface area contributed by atoms with Gasteiger partial charge in [0.2, 0.25) is 5.91 Å². The molecule has 12 nitrogen and oxygen atoms in total. The number of nitrogens with zero attached hydrogens (tertiary/aromatic N) is 6. The van der Waals surface area contributed by atoms with Crippen molar-refractivity contribution in [2.24, 2.45) is 0 Å². The minimum atomic E-state index is -0.586. The van der Waals surface area contributed by atoms with Crippen LogP contribution in [0.4, 0.5) is 16.3 Å². The van der Waals surface area contributed by atoms with Crippen molar-refractivity contribution in [2.75, 3.05) is 38.2 Å². The summed E-state index contributed by atoms with van der Waals surface area (Å²) in [5, 5.41) is 7.72. The fourth-order valence-corrected chi connectivity index (χ4v) is 4.15. The molecule has 3 heterocycles. The number of halogens is 1. The van der Waals surface area contributed by atoms with Gasteiger partial charge in [-0.25, -0.2) is 19.4 Å². The molecule has 3 aromatic rings. The van der Waals surface area contributed by atoms with Gasteiger partial charge in [0.1, 0.15) is 12.1 Å². The highest BCUT2D eigenvalue weighted by molar-refractivity contribution is 6.32. The lowest BCUT2D eigenvalue weighted by Crippen LogP contribution is -2.40. The number of piperidine rings is 1. The highest BCUT2D eigenvalue weighted by atomic mass is 35.5. The normalized spacial score (nSPS) is 15.4. The first kappa shape index (κ1) is 24.9. The predicted molar refractivity (Wildman–Crippen MR) is 134 cm³/mol. The van der Waals surface area contributed by atoms with Crippen LogP contribution in [-0.4, -0.2) is 74.6 Å². The number of aromatic nitrogens is 4. The van der Waals surface area contributed by atoms with Crippen LogP contribution < -0.4 is 15.8 Å². The van der Waals surface area contributed by atoms with E-state index in [2.05, 4.69) is 27.0 Å². The number of hydrogen-bond donors (Lipinski definition) is 2. The maximum absolute atomic E-state index is 13.2. The zero-order valence-electron chi connectivity index (χ0n) is 19.8. The molecule has 0 aliphatic carbocycles. The summed E-state index contributed by atoms with van der Waals surface area (Å²) >= 11 is 6.24. The number of fused-ring (bicyclic) bond motifs is 1. The molecule has 13 heteroatoms. The molecule has 1 aliphatic rings. The molecular weight excluding hydrogens is 488 g/mol. The van der Waals surface area contributed by atoms with E-state index in [0.29, 0.717) is 29.8 Å². The van der Waals surface area contributed by atoms with E-state index in [0.717, 1.165) is 12.8 Å². The molecule has 0 spiro atoms. The Morgan fingerprint density at radius 3 is 2.78 bits per heavy atom. The molecule has 188 valence electrons. The fraction of sp³-hybridized carbons (Fsp3) is 0.304. The van der Waals surface area contributed by atoms with E-state index in [1.165, 1.54) is 29.4 Å². The van der Waals surface area contributed by atoms with Gasteiger partial charge in [0.05, 0.1) is 16.5 Å². The molecule has 1 unspecified atom stereocenters. The summed E-state index contributed by atoms with van der Waals surface area (Å²) in [7, 11) is 3.09. The van der Waals surface area contributed by atoms with Crippen LogP contribution in [0.15, 0.2) is 37.2 Å². The van der Waals surface area contributed by atoms with E-state index >= 15 is 0 Å². The average molecular weight is 513 g/mol. The number of anilines is 2. The molecule has 2 aromatic heterocycles. The highest BCUT2D eigenvalue weighted by Gasteiger charge is 2.29. The Balaban J connectivity index is 1.62. The SMILES string of the molecule is C=CC(=O)N1CCCC(n2nc(C(=O)Nc3ccc(OC(=O)N(C)C)c(Cl)c3)c3c(N)ncnc32)C1. The first-order valence-corrected chi connectivity index (χ1v) is 11.5. The Hall–Kier alpha value is -4.19. The van der Waals surface area contributed by atoms with Crippen LogP contribution in [-0.2, 0) is 4.79 Å². The number of nitrogen functional groups attached to an aromatic ring is 1. The van der Waals surface area contributed by atoms with Crippen molar-refractivity contribution in [1.29, 1.82) is 0 Å². The Morgan fingerprint density at radius 1 is 1.31 bits per heavy atom. The smallest absolute Gasteiger partial charge is 0.409 e. The van der Waals surface area contributed by atoms with Crippen molar-refractivity contribution in [3.63, 3.8) is 0 Å². The van der Waals surface area contributed by atoms with Crippen LogP contribution in [0, 0.1) is 0 Å². The molecule has 36 heavy (non-hydrogen) atoms. The molecule has 1 aromatic carbocycles. The lowest BCUT2D eigenvalue weighted by atomic mass is 10.1. The molecule has 3 N–H and O–H groups in total. The molecule has 0 saturated carbocycles. The third-order valence-corrected chi connectivity index (χ3v) is 6.01. The molecule has 1 atom stereocenters. The first-order valence-electron chi connectivity index (χ1n) is 11.1. The largest absolute Gasteiger partial charge is 0.414 e. The molecular formula is C23H25ClN8O4.